The molecule has 0 unspecified atom stereocenters. The van der Waals surface area contributed by atoms with Gasteiger partial charge in [-0.05, 0) is 55.7 Å². The van der Waals surface area contributed by atoms with Crippen molar-refractivity contribution in [2.24, 2.45) is 0 Å². The van der Waals surface area contributed by atoms with Crippen LogP contribution in [0.4, 0.5) is 5.82 Å². The highest BCUT2D eigenvalue weighted by Crippen LogP contribution is 2.10. The molecule has 2 amide bonds. The molecule has 1 aromatic heterocycles. The molecule has 1 heterocycles. The minimum Gasteiger partial charge on any atom is -0.343 e. The number of nitrogens with one attached hydrogen (secondary N) is 2. The molecule has 5 heteroatoms. The van der Waals surface area contributed by atoms with Crippen molar-refractivity contribution in [2.45, 2.75) is 20.8 Å². The van der Waals surface area contributed by atoms with Gasteiger partial charge in [-0.1, -0.05) is 12.1 Å². The molecule has 0 spiro atoms. The fraction of sp³-hybridized carbons (Fsp3) is 0.235. The van der Waals surface area contributed by atoms with Crippen LogP contribution >= 0.6 is 0 Å². The number of nitrogens with zero attached hydrogens (tertiary/aromatic N) is 1. The minimum absolute atomic E-state index is 0.0955. The number of carbonyl (C=O) groups is 2. The molecular weight excluding hydrogens is 278 g/mol. The van der Waals surface area contributed by atoms with Crippen LogP contribution in [0, 0.1) is 20.8 Å². The zero-order chi connectivity index (χ0) is 16.1. The van der Waals surface area contributed by atoms with Gasteiger partial charge in [0.15, 0.2) is 0 Å². The minimum atomic E-state index is -0.306. The van der Waals surface area contributed by atoms with E-state index in [2.05, 4.69) is 15.6 Å². The second-order valence-electron chi connectivity index (χ2n) is 5.20. The predicted octanol–water partition coefficient (Wildman–Crippen LogP) is 2.38. The summed E-state index contributed by atoms with van der Waals surface area (Å²) in [5, 5.41) is 5.28. The van der Waals surface area contributed by atoms with E-state index >= 15 is 0 Å². The number of hydrogen-bond acceptors (Lipinski definition) is 3. The van der Waals surface area contributed by atoms with Crippen molar-refractivity contribution in [1.29, 1.82) is 0 Å². The van der Waals surface area contributed by atoms with Gasteiger partial charge in [0.25, 0.3) is 5.91 Å². The van der Waals surface area contributed by atoms with Crippen LogP contribution in [-0.2, 0) is 4.79 Å². The Balaban J connectivity index is 1.92. The molecule has 114 valence electrons. The second kappa shape index (κ2) is 6.85. The van der Waals surface area contributed by atoms with E-state index in [0.29, 0.717) is 11.4 Å². The van der Waals surface area contributed by atoms with E-state index in [4.69, 9.17) is 0 Å². The van der Waals surface area contributed by atoms with E-state index in [1.165, 1.54) is 0 Å². The quantitative estimate of drug-likeness (QED) is 0.910. The van der Waals surface area contributed by atoms with Crippen molar-refractivity contribution in [3.8, 4) is 0 Å². The molecule has 0 saturated heterocycles. The lowest BCUT2D eigenvalue weighted by Crippen LogP contribution is -2.33. The third kappa shape index (κ3) is 3.91. The summed E-state index contributed by atoms with van der Waals surface area (Å²) in [5.41, 5.74) is 3.59. The van der Waals surface area contributed by atoms with E-state index in [9.17, 15) is 9.59 Å². The summed E-state index contributed by atoms with van der Waals surface area (Å²) in [7, 11) is 0. The number of anilines is 1. The van der Waals surface area contributed by atoms with Crippen molar-refractivity contribution in [3.63, 3.8) is 0 Å². The van der Waals surface area contributed by atoms with Crippen LogP contribution in [0.1, 0.15) is 27.0 Å². The zero-order valence-corrected chi connectivity index (χ0v) is 12.9. The lowest BCUT2D eigenvalue weighted by atomic mass is 10.1. The Morgan fingerprint density at radius 2 is 1.82 bits per heavy atom. The van der Waals surface area contributed by atoms with Crippen LogP contribution in [0.2, 0.25) is 0 Å². The van der Waals surface area contributed by atoms with E-state index in [1.807, 2.05) is 39.0 Å². The lowest BCUT2D eigenvalue weighted by molar-refractivity contribution is -0.115. The van der Waals surface area contributed by atoms with E-state index in [-0.39, 0.29) is 18.4 Å². The SMILES string of the molecule is Cc1ccc(C(=O)NCC(=O)Nc2ncccc2C)cc1C. The average Bonchev–Trinajstić information content (AvgIpc) is 2.50. The summed E-state index contributed by atoms with van der Waals surface area (Å²) in [6.45, 7) is 5.69. The van der Waals surface area contributed by atoms with Gasteiger partial charge in [-0.15, -0.1) is 0 Å². The van der Waals surface area contributed by atoms with Crippen LogP contribution in [0.15, 0.2) is 36.5 Å². The number of benzene rings is 1. The van der Waals surface area contributed by atoms with Gasteiger partial charge in [-0.2, -0.15) is 0 Å². The van der Waals surface area contributed by atoms with Gasteiger partial charge in [0, 0.05) is 11.8 Å². The molecule has 0 atom stereocenters. The number of rotatable bonds is 4. The second-order valence-corrected chi connectivity index (χ2v) is 5.20. The summed E-state index contributed by atoms with van der Waals surface area (Å²) < 4.78 is 0. The monoisotopic (exact) mass is 297 g/mol. The summed E-state index contributed by atoms with van der Waals surface area (Å²) >= 11 is 0. The predicted molar refractivity (Wildman–Crippen MR) is 85.9 cm³/mol. The van der Waals surface area contributed by atoms with Gasteiger partial charge < -0.3 is 10.6 Å². The third-order valence-electron chi connectivity index (χ3n) is 3.45. The van der Waals surface area contributed by atoms with Crippen LogP contribution in [0.3, 0.4) is 0 Å². The Bertz CT molecular complexity index is 711. The zero-order valence-electron chi connectivity index (χ0n) is 12.9. The molecule has 0 radical (unpaired) electrons. The number of aryl methyl sites for hydroxylation is 3. The molecule has 0 fully saturated rings. The maximum absolute atomic E-state index is 12.0. The number of hydrogen-bond donors (Lipinski definition) is 2. The van der Waals surface area contributed by atoms with Gasteiger partial charge >= 0.3 is 0 Å². The van der Waals surface area contributed by atoms with Gasteiger partial charge in [0.2, 0.25) is 5.91 Å². The summed E-state index contributed by atoms with van der Waals surface area (Å²) in [5.74, 6) is -0.0668. The third-order valence-corrected chi connectivity index (χ3v) is 3.45. The van der Waals surface area contributed by atoms with Crippen molar-refractivity contribution >= 4 is 17.6 Å². The number of pyridine rings is 1. The molecule has 0 aliphatic heterocycles. The Kier molecular flexibility index (Phi) is 4.88. The highest BCUT2D eigenvalue weighted by molar-refractivity contribution is 5.99. The number of aromatic nitrogens is 1. The van der Waals surface area contributed by atoms with Crippen LogP contribution < -0.4 is 10.6 Å². The average molecular weight is 297 g/mol. The van der Waals surface area contributed by atoms with E-state index in [0.717, 1.165) is 16.7 Å². The fourth-order valence-electron chi connectivity index (χ4n) is 1.94. The van der Waals surface area contributed by atoms with Gasteiger partial charge in [-0.3, -0.25) is 9.59 Å². The fourth-order valence-corrected chi connectivity index (χ4v) is 1.94. The van der Waals surface area contributed by atoms with Crippen LogP contribution in [0.5, 0.6) is 0 Å². The Morgan fingerprint density at radius 1 is 1.05 bits per heavy atom. The Labute approximate surface area is 129 Å². The molecule has 22 heavy (non-hydrogen) atoms. The van der Waals surface area contributed by atoms with Crippen molar-refractivity contribution in [3.05, 3.63) is 58.8 Å². The largest absolute Gasteiger partial charge is 0.343 e. The molecular formula is C17H19N3O2. The van der Waals surface area contributed by atoms with Crippen LogP contribution in [-0.4, -0.2) is 23.3 Å². The molecule has 0 aliphatic carbocycles. The first-order valence-electron chi connectivity index (χ1n) is 7.04. The van der Waals surface area contributed by atoms with Crippen LogP contribution in [0.25, 0.3) is 0 Å². The molecule has 0 saturated carbocycles. The smallest absolute Gasteiger partial charge is 0.251 e. The van der Waals surface area contributed by atoms with E-state index in [1.54, 1.807) is 18.3 Å². The molecule has 1 aromatic carbocycles. The highest BCUT2D eigenvalue weighted by Gasteiger charge is 2.10. The van der Waals surface area contributed by atoms with E-state index < -0.39 is 0 Å². The standard InChI is InChI=1S/C17H19N3O2/c1-11-6-7-14(9-13(11)3)17(22)19-10-15(21)20-16-12(2)5-4-8-18-16/h4-9H,10H2,1-3H3,(H,19,22)(H,18,20,21). The van der Waals surface area contributed by atoms with Gasteiger partial charge in [-0.25, -0.2) is 4.98 Å². The van der Waals surface area contributed by atoms with Crippen molar-refractivity contribution in [1.82, 2.24) is 10.3 Å². The molecule has 2 N–H and O–H groups in total. The summed E-state index contributed by atoms with van der Waals surface area (Å²) in [4.78, 5) is 28.0. The maximum atomic E-state index is 12.0. The highest BCUT2D eigenvalue weighted by atomic mass is 16.2. The maximum Gasteiger partial charge on any atom is 0.251 e. The summed E-state index contributed by atoms with van der Waals surface area (Å²) in [6, 6.07) is 9.11. The first-order valence-corrected chi connectivity index (χ1v) is 7.04. The first kappa shape index (κ1) is 15.7. The topological polar surface area (TPSA) is 71.1 Å². The molecule has 5 nitrogen and oxygen atoms in total. The molecule has 2 rings (SSSR count). The van der Waals surface area contributed by atoms with Gasteiger partial charge in [0.05, 0.1) is 6.54 Å². The number of carbonyl (C=O) groups excluding carboxylic acids is 2. The van der Waals surface area contributed by atoms with Gasteiger partial charge in [0.1, 0.15) is 5.82 Å². The first-order chi connectivity index (χ1) is 10.5. The Morgan fingerprint density at radius 3 is 2.50 bits per heavy atom. The molecule has 0 bridgehead atoms. The molecule has 0 aliphatic rings. The normalized spacial score (nSPS) is 10.1. The summed E-state index contributed by atoms with van der Waals surface area (Å²) in [6.07, 6.45) is 1.61. The van der Waals surface area contributed by atoms with Crippen molar-refractivity contribution in [2.75, 3.05) is 11.9 Å². The number of amides is 2. The van der Waals surface area contributed by atoms with Crippen molar-refractivity contribution < 1.29 is 9.59 Å². The lowest BCUT2D eigenvalue weighted by Gasteiger charge is -2.09. The molecule has 2 aromatic rings. The Hall–Kier alpha value is -2.69.